The molecule has 0 aliphatic heterocycles. The zero-order chi connectivity index (χ0) is 21.3. The van der Waals surface area contributed by atoms with Gasteiger partial charge in [-0.2, -0.15) is 13.2 Å². The molecule has 152 valence electrons. The average molecular weight is 409 g/mol. The number of hydrogen-bond donors (Lipinski definition) is 2. The number of alkyl halides is 3. The quantitative estimate of drug-likeness (QED) is 0.435. The minimum absolute atomic E-state index is 0.282. The molecule has 0 spiro atoms. The van der Waals surface area contributed by atoms with Crippen LogP contribution in [0.15, 0.2) is 78.9 Å². The number of fused-ring (bicyclic) bond motifs is 1. The Morgan fingerprint density at radius 1 is 0.933 bits per heavy atom. The van der Waals surface area contributed by atoms with Crippen LogP contribution in [-0.2, 0) is 12.7 Å². The Morgan fingerprint density at radius 2 is 1.63 bits per heavy atom. The molecule has 1 amide bonds. The Morgan fingerprint density at radius 3 is 2.30 bits per heavy atom. The van der Waals surface area contributed by atoms with E-state index in [0.717, 1.165) is 28.6 Å². The summed E-state index contributed by atoms with van der Waals surface area (Å²) in [5.41, 5.74) is 8.21. The van der Waals surface area contributed by atoms with Gasteiger partial charge in [-0.3, -0.25) is 4.79 Å². The van der Waals surface area contributed by atoms with Crippen LogP contribution in [0, 0.1) is 0 Å². The van der Waals surface area contributed by atoms with Crippen molar-refractivity contribution in [2.45, 2.75) is 12.7 Å². The summed E-state index contributed by atoms with van der Waals surface area (Å²) in [6, 6.07) is 21.2. The van der Waals surface area contributed by atoms with Crippen LogP contribution in [0.4, 0.5) is 24.5 Å². The Kier molecular flexibility index (Phi) is 4.95. The molecule has 1 aromatic heterocycles. The van der Waals surface area contributed by atoms with E-state index in [-0.39, 0.29) is 5.69 Å². The van der Waals surface area contributed by atoms with Gasteiger partial charge in [-0.05, 0) is 54.1 Å². The van der Waals surface area contributed by atoms with E-state index in [1.807, 2.05) is 41.0 Å². The van der Waals surface area contributed by atoms with Crippen molar-refractivity contribution in [3.8, 4) is 0 Å². The van der Waals surface area contributed by atoms with Crippen molar-refractivity contribution in [2.24, 2.45) is 0 Å². The molecule has 0 unspecified atom stereocenters. The predicted octanol–water partition coefficient (Wildman–Crippen LogP) is 5.54. The molecule has 4 rings (SSSR count). The van der Waals surface area contributed by atoms with Crippen molar-refractivity contribution in [3.63, 3.8) is 0 Å². The van der Waals surface area contributed by atoms with Crippen LogP contribution in [-0.4, -0.2) is 10.5 Å². The number of hydrogen-bond acceptors (Lipinski definition) is 2. The van der Waals surface area contributed by atoms with Crippen LogP contribution in [0.2, 0.25) is 0 Å². The third kappa shape index (κ3) is 4.00. The molecule has 0 saturated carbocycles. The number of amides is 1. The number of carbonyl (C=O) groups excluding carboxylic acids is 1. The van der Waals surface area contributed by atoms with Crippen LogP contribution in [0.5, 0.6) is 0 Å². The lowest BCUT2D eigenvalue weighted by atomic mass is 10.2. The lowest BCUT2D eigenvalue weighted by Gasteiger charge is -2.12. The molecule has 0 saturated heterocycles. The lowest BCUT2D eigenvalue weighted by molar-refractivity contribution is -0.137. The number of nitrogens with zero attached hydrogens (tertiary/aromatic N) is 1. The van der Waals surface area contributed by atoms with Gasteiger partial charge in [0.1, 0.15) is 5.69 Å². The monoisotopic (exact) mass is 409 g/mol. The van der Waals surface area contributed by atoms with E-state index in [1.165, 1.54) is 12.1 Å². The van der Waals surface area contributed by atoms with E-state index in [2.05, 4.69) is 5.32 Å². The molecule has 0 aliphatic rings. The molecule has 0 fully saturated rings. The summed E-state index contributed by atoms with van der Waals surface area (Å²) in [7, 11) is 0. The van der Waals surface area contributed by atoms with E-state index >= 15 is 0 Å². The van der Waals surface area contributed by atoms with Gasteiger partial charge < -0.3 is 15.6 Å². The van der Waals surface area contributed by atoms with E-state index < -0.39 is 17.6 Å². The number of rotatable bonds is 4. The maximum absolute atomic E-state index is 13.0. The van der Waals surface area contributed by atoms with Gasteiger partial charge in [0, 0.05) is 28.8 Å². The number of nitrogens with two attached hydrogens (primary N) is 1. The van der Waals surface area contributed by atoms with Crippen molar-refractivity contribution < 1.29 is 18.0 Å². The zero-order valence-electron chi connectivity index (χ0n) is 15.8. The summed E-state index contributed by atoms with van der Waals surface area (Å²) in [6.07, 6.45) is -4.43. The summed E-state index contributed by atoms with van der Waals surface area (Å²) >= 11 is 0. The van der Waals surface area contributed by atoms with Crippen LogP contribution in [0.1, 0.15) is 21.6 Å². The van der Waals surface area contributed by atoms with Crippen molar-refractivity contribution in [1.82, 2.24) is 4.57 Å². The van der Waals surface area contributed by atoms with Gasteiger partial charge >= 0.3 is 6.18 Å². The van der Waals surface area contributed by atoms with Crippen molar-refractivity contribution in [3.05, 3.63) is 95.7 Å². The molecule has 0 radical (unpaired) electrons. The number of aromatic nitrogens is 1. The molecule has 3 N–H and O–H groups in total. The molecule has 3 aromatic carbocycles. The number of anilines is 2. The van der Waals surface area contributed by atoms with Gasteiger partial charge in [-0.15, -0.1) is 0 Å². The summed E-state index contributed by atoms with van der Waals surface area (Å²) in [6.45, 7) is 0.462. The second-order valence-electron chi connectivity index (χ2n) is 6.95. The number of halogens is 3. The van der Waals surface area contributed by atoms with E-state index in [1.54, 1.807) is 18.2 Å². The summed E-state index contributed by atoms with van der Waals surface area (Å²) in [4.78, 5) is 13.0. The van der Waals surface area contributed by atoms with Gasteiger partial charge in [0.2, 0.25) is 0 Å². The standard InChI is InChI=1S/C23H18F3N3O/c24-23(25,26)17-6-9-19(10-7-17)28-22(30)21-13-16-12-18(27)8-11-20(16)29(21)14-15-4-2-1-3-5-15/h1-13H,14,27H2,(H,28,30). The third-order valence-electron chi connectivity index (χ3n) is 4.81. The average Bonchev–Trinajstić information content (AvgIpc) is 3.06. The first kappa shape index (κ1) is 19.6. The van der Waals surface area contributed by atoms with Crippen LogP contribution >= 0.6 is 0 Å². The first-order valence-electron chi connectivity index (χ1n) is 9.22. The van der Waals surface area contributed by atoms with Gasteiger partial charge in [-0.25, -0.2) is 0 Å². The lowest BCUT2D eigenvalue weighted by Crippen LogP contribution is -2.17. The highest BCUT2D eigenvalue weighted by Crippen LogP contribution is 2.30. The highest BCUT2D eigenvalue weighted by Gasteiger charge is 2.30. The Bertz CT molecular complexity index is 1200. The van der Waals surface area contributed by atoms with Gasteiger partial charge in [0.15, 0.2) is 0 Å². The second kappa shape index (κ2) is 7.59. The van der Waals surface area contributed by atoms with Crippen molar-refractivity contribution in [1.29, 1.82) is 0 Å². The van der Waals surface area contributed by atoms with Gasteiger partial charge in [0.25, 0.3) is 5.91 Å². The van der Waals surface area contributed by atoms with Crippen LogP contribution in [0.3, 0.4) is 0 Å². The summed E-state index contributed by atoms with van der Waals surface area (Å²) in [5, 5.41) is 3.49. The molecule has 30 heavy (non-hydrogen) atoms. The third-order valence-corrected chi connectivity index (χ3v) is 4.81. The smallest absolute Gasteiger partial charge is 0.399 e. The number of benzene rings is 3. The van der Waals surface area contributed by atoms with E-state index in [0.29, 0.717) is 17.9 Å². The molecule has 7 heteroatoms. The normalized spacial score (nSPS) is 11.6. The van der Waals surface area contributed by atoms with Gasteiger partial charge in [0.05, 0.1) is 5.56 Å². The molecule has 4 aromatic rings. The van der Waals surface area contributed by atoms with Crippen molar-refractivity contribution in [2.75, 3.05) is 11.1 Å². The minimum atomic E-state index is -4.43. The Hall–Kier alpha value is -3.74. The van der Waals surface area contributed by atoms with E-state index in [4.69, 9.17) is 5.73 Å². The van der Waals surface area contributed by atoms with Gasteiger partial charge in [-0.1, -0.05) is 30.3 Å². The topological polar surface area (TPSA) is 60.1 Å². The largest absolute Gasteiger partial charge is 0.416 e. The predicted molar refractivity (Wildman–Crippen MR) is 111 cm³/mol. The first-order chi connectivity index (χ1) is 14.3. The SMILES string of the molecule is Nc1ccc2c(c1)cc(C(=O)Nc1ccc(C(F)(F)F)cc1)n2Cc1ccccc1. The minimum Gasteiger partial charge on any atom is -0.399 e. The number of nitrogens with one attached hydrogen (secondary N) is 1. The Labute approximate surface area is 170 Å². The second-order valence-corrected chi connectivity index (χ2v) is 6.95. The molecule has 0 aliphatic carbocycles. The summed E-state index contributed by atoms with van der Waals surface area (Å²) in [5.74, 6) is -0.416. The molecular weight excluding hydrogens is 391 g/mol. The first-order valence-corrected chi connectivity index (χ1v) is 9.22. The summed E-state index contributed by atoms with van der Waals surface area (Å²) < 4.78 is 40.1. The Balaban J connectivity index is 1.68. The molecule has 0 atom stereocenters. The molecule has 1 heterocycles. The number of carbonyl (C=O) groups is 1. The maximum Gasteiger partial charge on any atom is 0.416 e. The fourth-order valence-electron chi connectivity index (χ4n) is 3.35. The van der Waals surface area contributed by atoms with Crippen LogP contribution < -0.4 is 11.1 Å². The fraction of sp³-hybridized carbons (Fsp3) is 0.0870. The number of nitrogen functional groups attached to an aromatic ring is 1. The molecule has 4 nitrogen and oxygen atoms in total. The zero-order valence-corrected chi connectivity index (χ0v) is 15.8. The molecular formula is C23H18F3N3O. The molecule has 0 bridgehead atoms. The highest BCUT2D eigenvalue weighted by molar-refractivity contribution is 6.06. The van der Waals surface area contributed by atoms with E-state index in [9.17, 15) is 18.0 Å². The highest BCUT2D eigenvalue weighted by atomic mass is 19.4. The maximum atomic E-state index is 13.0. The fourth-order valence-corrected chi connectivity index (χ4v) is 3.35. The van der Waals surface area contributed by atoms with Crippen LogP contribution in [0.25, 0.3) is 10.9 Å². The van der Waals surface area contributed by atoms with Crippen molar-refractivity contribution >= 4 is 28.2 Å².